The van der Waals surface area contributed by atoms with E-state index in [-0.39, 0.29) is 24.8 Å². The summed E-state index contributed by atoms with van der Waals surface area (Å²) in [5.41, 5.74) is 0.364. The van der Waals surface area contributed by atoms with Crippen LogP contribution in [0.25, 0.3) is 0 Å². The molecule has 0 aromatic heterocycles. The SMILES string of the molecule is FC(F)(F)CN1CCC(c2cc[c]cc2OC(F)(F)F)CC1. The summed E-state index contributed by atoms with van der Waals surface area (Å²) < 4.78 is 78.0. The Hall–Kier alpha value is -1.44. The van der Waals surface area contributed by atoms with Crippen molar-refractivity contribution in [2.24, 2.45) is 0 Å². The van der Waals surface area contributed by atoms with Gasteiger partial charge < -0.3 is 4.74 Å². The normalized spacial score (nSPS) is 18.5. The first-order chi connectivity index (χ1) is 10.1. The molecule has 0 unspecified atom stereocenters. The summed E-state index contributed by atoms with van der Waals surface area (Å²) in [6, 6.07) is 6.57. The minimum absolute atomic E-state index is 0.189. The highest BCUT2D eigenvalue weighted by Gasteiger charge is 2.35. The van der Waals surface area contributed by atoms with Crippen molar-refractivity contribution in [3.63, 3.8) is 0 Å². The van der Waals surface area contributed by atoms with Crippen LogP contribution in [0.4, 0.5) is 26.3 Å². The topological polar surface area (TPSA) is 12.5 Å². The maximum Gasteiger partial charge on any atom is 0.573 e. The number of alkyl halides is 6. The minimum atomic E-state index is -4.80. The quantitative estimate of drug-likeness (QED) is 0.775. The van der Waals surface area contributed by atoms with Gasteiger partial charge in [0.25, 0.3) is 0 Å². The standard InChI is InChI=1S/C14H14F6NO/c15-13(16,17)9-21-7-5-10(6-8-21)11-3-1-2-4-12(11)22-14(18,19)20/h1,3-4,10H,5-9H2. The number of benzene rings is 1. The highest BCUT2D eigenvalue weighted by Crippen LogP contribution is 2.36. The molecule has 1 aliphatic rings. The molecule has 1 heterocycles. The molecule has 2 rings (SSSR count). The van der Waals surface area contributed by atoms with Gasteiger partial charge in [0, 0.05) is 0 Å². The van der Waals surface area contributed by atoms with E-state index in [0.29, 0.717) is 18.4 Å². The average Bonchev–Trinajstić information content (AvgIpc) is 2.37. The van der Waals surface area contributed by atoms with Gasteiger partial charge in [-0.15, -0.1) is 13.2 Å². The van der Waals surface area contributed by atoms with Gasteiger partial charge in [-0.3, -0.25) is 4.90 Å². The van der Waals surface area contributed by atoms with Crippen LogP contribution in [-0.4, -0.2) is 37.1 Å². The number of ether oxygens (including phenoxy) is 1. The zero-order valence-electron chi connectivity index (χ0n) is 11.5. The van der Waals surface area contributed by atoms with Crippen LogP contribution in [0.15, 0.2) is 18.2 Å². The van der Waals surface area contributed by atoms with Gasteiger partial charge in [0.2, 0.25) is 0 Å². The van der Waals surface area contributed by atoms with Crippen LogP contribution in [0.3, 0.4) is 0 Å². The van der Waals surface area contributed by atoms with Crippen molar-refractivity contribution in [3.05, 3.63) is 29.8 Å². The van der Waals surface area contributed by atoms with Gasteiger partial charge in [0.05, 0.1) is 6.54 Å². The summed E-state index contributed by atoms with van der Waals surface area (Å²) in [6.07, 6.45) is -8.36. The van der Waals surface area contributed by atoms with Gasteiger partial charge in [0.15, 0.2) is 0 Å². The molecule has 1 aromatic carbocycles. The highest BCUT2D eigenvalue weighted by atomic mass is 19.4. The summed E-state index contributed by atoms with van der Waals surface area (Å²) in [4.78, 5) is 1.26. The van der Waals surface area contributed by atoms with Crippen molar-refractivity contribution in [1.29, 1.82) is 0 Å². The summed E-state index contributed by atoms with van der Waals surface area (Å²) in [6.45, 7) is -0.614. The van der Waals surface area contributed by atoms with E-state index in [2.05, 4.69) is 10.8 Å². The van der Waals surface area contributed by atoms with Crippen LogP contribution in [0, 0.1) is 6.07 Å². The molecule has 0 aliphatic carbocycles. The van der Waals surface area contributed by atoms with Crippen LogP contribution in [0.1, 0.15) is 24.3 Å². The lowest BCUT2D eigenvalue weighted by atomic mass is 9.89. The predicted octanol–water partition coefficient (Wildman–Crippen LogP) is 4.13. The number of hydrogen-bond acceptors (Lipinski definition) is 2. The highest BCUT2D eigenvalue weighted by molar-refractivity contribution is 5.36. The van der Waals surface area contributed by atoms with Crippen molar-refractivity contribution < 1.29 is 31.1 Å². The number of nitrogens with zero attached hydrogens (tertiary/aromatic N) is 1. The van der Waals surface area contributed by atoms with Crippen molar-refractivity contribution in [2.45, 2.75) is 31.3 Å². The van der Waals surface area contributed by atoms with E-state index in [1.54, 1.807) is 0 Å². The third-order valence-corrected chi connectivity index (χ3v) is 3.51. The van der Waals surface area contributed by atoms with Gasteiger partial charge in [-0.25, -0.2) is 0 Å². The number of halogens is 6. The van der Waals surface area contributed by atoms with Gasteiger partial charge in [-0.2, -0.15) is 13.2 Å². The lowest BCUT2D eigenvalue weighted by Crippen LogP contribution is -2.39. The van der Waals surface area contributed by atoms with Crippen LogP contribution in [0.5, 0.6) is 5.75 Å². The molecular formula is C14H14F6NO. The Kier molecular flexibility index (Phi) is 4.89. The monoisotopic (exact) mass is 326 g/mol. The first-order valence-electron chi connectivity index (χ1n) is 6.69. The first kappa shape index (κ1) is 16.9. The number of likely N-dealkylation sites (tertiary alicyclic amines) is 1. The van der Waals surface area contributed by atoms with Crippen LogP contribution in [-0.2, 0) is 0 Å². The maximum absolute atomic E-state index is 12.4. The van der Waals surface area contributed by atoms with Crippen molar-refractivity contribution in [2.75, 3.05) is 19.6 Å². The molecule has 0 N–H and O–H groups in total. The molecule has 0 bridgehead atoms. The lowest BCUT2D eigenvalue weighted by Gasteiger charge is -2.33. The number of hydrogen-bond donors (Lipinski definition) is 0. The lowest BCUT2D eigenvalue weighted by molar-refractivity contribution is -0.275. The summed E-state index contributed by atoms with van der Waals surface area (Å²) in [7, 11) is 0. The molecule has 1 radical (unpaired) electrons. The third kappa shape index (κ3) is 5.08. The fraction of sp³-hybridized carbons (Fsp3) is 0.571. The fourth-order valence-electron chi connectivity index (χ4n) is 2.63. The zero-order chi connectivity index (χ0) is 16.4. The maximum atomic E-state index is 12.4. The number of piperidine rings is 1. The molecule has 0 atom stereocenters. The molecule has 1 aliphatic heterocycles. The van der Waals surface area contributed by atoms with Gasteiger partial charge in [-0.05, 0) is 49.5 Å². The van der Waals surface area contributed by atoms with Gasteiger partial charge in [0.1, 0.15) is 5.75 Å². The van der Waals surface area contributed by atoms with E-state index in [9.17, 15) is 26.3 Å². The van der Waals surface area contributed by atoms with E-state index >= 15 is 0 Å². The Bertz CT molecular complexity index is 491. The summed E-state index contributed by atoms with van der Waals surface area (Å²) >= 11 is 0. The van der Waals surface area contributed by atoms with Crippen LogP contribution < -0.4 is 4.74 Å². The Morgan fingerprint density at radius 1 is 1.14 bits per heavy atom. The molecule has 2 nitrogen and oxygen atoms in total. The zero-order valence-corrected chi connectivity index (χ0v) is 11.5. The van der Waals surface area contributed by atoms with Crippen molar-refractivity contribution >= 4 is 0 Å². The third-order valence-electron chi connectivity index (χ3n) is 3.51. The molecule has 0 amide bonds. The average molecular weight is 326 g/mol. The Labute approximate surface area is 123 Å². The predicted molar refractivity (Wildman–Crippen MR) is 66.4 cm³/mol. The molecule has 1 aromatic rings. The van der Waals surface area contributed by atoms with E-state index in [1.165, 1.54) is 17.0 Å². The molecule has 22 heavy (non-hydrogen) atoms. The van der Waals surface area contributed by atoms with E-state index in [4.69, 9.17) is 0 Å². The molecule has 1 saturated heterocycles. The van der Waals surface area contributed by atoms with Crippen molar-refractivity contribution in [3.8, 4) is 5.75 Å². The number of rotatable bonds is 3. The van der Waals surface area contributed by atoms with Crippen LogP contribution in [0.2, 0.25) is 0 Å². The second-order valence-corrected chi connectivity index (χ2v) is 5.18. The Morgan fingerprint density at radius 3 is 2.32 bits per heavy atom. The molecular weight excluding hydrogens is 312 g/mol. The van der Waals surface area contributed by atoms with E-state index in [0.717, 1.165) is 6.07 Å². The summed E-state index contributed by atoms with van der Waals surface area (Å²) in [5, 5.41) is 0. The van der Waals surface area contributed by atoms with E-state index < -0.39 is 19.1 Å². The smallest absolute Gasteiger partial charge is 0.405 e. The molecule has 0 spiro atoms. The first-order valence-corrected chi connectivity index (χ1v) is 6.69. The molecule has 0 saturated carbocycles. The fourth-order valence-corrected chi connectivity index (χ4v) is 2.63. The second-order valence-electron chi connectivity index (χ2n) is 5.18. The summed E-state index contributed by atoms with van der Waals surface area (Å²) in [5.74, 6) is -0.583. The molecule has 123 valence electrons. The Balaban J connectivity index is 2.02. The molecule has 8 heteroatoms. The van der Waals surface area contributed by atoms with Crippen LogP contribution >= 0.6 is 0 Å². The Morgan fingerprint density at radius 2 is 1.77 bits per heavy atom. The van der Waals surface area contributed by atoms with Crippen molar-refractivity contribution in [1.82, 2.24) is 4.90 Å². The largest absolute Gasteiger partial charge is 0.573 e. The van der Waals surface area contributed by atoms with Gasteiger partial charge >= 0.3 is 12.5 Å². The minimum Gasteiger partial charge on any atom is -0.405 e. The van der Waals surface area contributed by atoms with Gasteiger partial charge in [-0.1, -0.05) is 12.1 Å². The second kappa shape index (κ2) is 6.36. The van der Waals surface area contributed by atoms with E-state index in [1.807, 2.05) is 0 Å². The molecule has 1 fully saturated rings.